The smallest absolute Gasteiger partial charge is 0.0801 e. The van der Waals surface area contributed by atoms with Crippen molar-refractivity contribution in [3.63, 3.8) is 0 Å². The minimum Gasteiger partial charge on any atom is -0.393 e. The molecule has 0 aromatic carbocycles. The van der Waals surface area contributed by atoms with Crippen LogP contribution in [0.2, 0.25) is 0 Å². The van der Waals surface area contributed by atoms with Crippen LogP contribution in [0.4, 0.5) is 0 Å². The lowest BCUT2D eigenvalue weighted by Gasteiger charge is -2.54. The van der Waals surface area contributed by atoms with E-state index in [1.54, 1.807) is 22.8 Å². The van der Waals surface area contributed by atoms with Crippen molar-refractivity contribution >= 4 is 0 Å². The third kappa shape index (κ3) is 4.07. The molecule has 4 aliphatic carbocycles. The first-order valence-corrected chi connectivity index (χ1v) is 13.1. The summed E-state index contributed by atoms with van der Waals surface area (Å²) in [4.78, 5) is 0. The molecule has 1 saturated carbocycles. The van der Waals surface area contributed by atoms with Crippen molar-refractivity contribution in [3.05, 3.63) is 34.4 Å². The third-order valence-electron chi connectivity index (χ3n) is 10.2. The zero-order chi connectivity index (χ0) is 23.3. The first-order valence-electron chi connectivity index (χ1n) is 13.1. The maximum Gasteiger partial charge on any atom is 0.0801 e. The van der Waals surface area contributed by atoms with Gasteiger partial charge in [0.2, 0.25) is 0 Å². The lowest BCUT2D eigenvalue weighted by Crippen LogP contribution is -2.44. The molecule has 3 nitrogen and oxygen atoms in total. The summed E-state index contributed by atoms with van der Waals surface area (Å²) in [6.07, 6.45) is 15.4. The summed E-state index contributed by atoms with van der Waals surface area (Å²) in [5, 5.41) is 30.1. The zero-order valence-corrected chi connectivity index (χ0v) is 21.1. The van der Waals surface area contributed by atoms with Crippen molar-refractivity contribution in [2.24, 2.45) is 28.6 Å². The fourth-order valence-electron chi connectivity index (χ4n) is 8.08. The number of allylic oxidation sites excluding steroid dienone is 4. The number of rotatable bonds is 6. The predicted molar refractivity (Wildman–Crippen MR) is 131 cm³/mol. The zero-order valence-electron chi connectivity index (χ0n) is 21.1. The lowest BCUT2D eigenvalue weighted by atomic mass is 9.51. The molecule has 0 amide bonds. The number of hydrogen-bond acceptors (Lipinski definition) is 3. The van der Waals surface area contributed by atoms with Gasteiger partial charge in [-0.15, -0.1) is 0 Å². The van der Waals surface area contributed by atoms with Gasteiger partial charge in [0.1, 0.15) is 0 Å². The van der Waals surface area contributed by atoms with Gasteiger partial charge in [-0.3, -0.25) is 0 Å². The van der Waals surface area contributed by atoms with E-state index >= 15 is 0 Å². The van der Waals surface area contributed by atoms with Crippen LogP contribution >= 0.6 is 0 Å². The molecular formula is C29H46O3. The molecule has 1 fully saturated rings. The molecule has 3 N–H and O–H groups in total. The second-order valence-corrected chi connectivity index (χ2v) is 12.4. The number of aliphatic hydroxyl groups is 3. The van der Waals surface area contributed by atoms with Gasteiger partial charge >= 0.3 is 0 Å². The quantitative estimate of drug-likeness (QED) is 0.436. The molecule has 4 rings (SSSR count). The van der Waals surface area contributed by atoms with Crippen LogP contribution in [0.15, 0.2) is 34.4 Å². The van der Waals surface area contributed by atoms with Crippen LogP contribution in [0.5, 0.6) is 0 Å². The second-order valence-electron chi connectivity index (χ2n) is 12.4. The van der Waals surface area contributed by atoms with E-state index in [0.29, 0.717) is 23.2 Å². The molecule has 4 aliphatic rings. The van der Waals surface area contributed by atoms with E-state index in [4.69, 9.17) is 0 Å². The Morgan fingerprint density at radius 1 is 1.19 bits per heavy atom. The molecule has 3 heteroatoms. The summed E-state index contributed by atoms with van der Waals surface area (Å²) >= 11 is 0. The van der Waals surface area contributed by atoms with Crippen LogP contribution in [-0.2, 0) is 0 Å². The summed E-state index contributed by atoms with van der Waals surface area (Å²) in [6.45, 7) is 11.1. The fourth-order valence-corrected chi connectivity index (χ4v) is 8.08. The Morgan fingerprint density at radius 2 is 1.94 bits per heavy atom. The van der Waals surface area contributed by atoms with Gasteiger partial charge in [-0.1, -0.05) is 38.5 Å². The topological polar surface area (TPSA) is 60.7 Å². The van der Waals surface area contributed by atoms with Crippen molar-refractivity contribution in [2.75, 3.05) is 6.61 Å². The number of fused-ring (bicyclic) bond motifs is 4. The van der Waals surface area contributed by atoms with Gasteiger partial charge in [0, 0.05) is 0 Å². The molecule has 0 radical (unpaired) electrons. The summed E-state index contributed by atoms with van der Waals surface area (Å²) < 4.78 is 0. The van der Waals surface area contributed by atoms with E-state index < -0.39 is 5.60 Å². The largest absolute Gasteiger partial charge is 0.393 e. The average Bonchev–Trinajstić information content (AvgIpc) is 3.08. The minimum absolute atomic E-state index is 0.00568. The molecule has 6 atom stereocenters. The average molecular weight is 443 g/mol. The van der Waals surface area contributed by atoms with Gasteiger partial charge in [0.25, 0.3) is 0 Å². The van der Waals surface area contributed by atoms with Gasteiger partial charge in [-0.25, -0.2) is 0 Å². The highest BCUT2D eigenvalue weighted by Crippen LogP contribution is 2.64. The molecule has 0 spiro atoms. The van der Waals surface area contributed by atoms with Gasteiger partial charge in [-0.2, -0.15) is 0 Å². The van der Waals surface area contributed by atoms with E-state index in [1.165, 1.54) is 32.1 Å². The molecular weight excluding hydrogens is 396 g/mol. The number of hydrogen-bond donors (Lipinski definition) is 3. The van der Waals surface area contributed by atoms with Gasteiger partial charge in [-0.05, 0) is 123 Å². The molecule has 0 aromatic rings. The Morgan fingerprint density at radius 3 is 2.62 bits per heavy atom. The molecule has 180 valence electrons. The normalized spacial score (nSPS) is 38.7. The fraction of sp³-hybridized carbons (Fsp3) is 0.793. The van der Waals surface area contributed by atoms with E-state index in [9.17, 15) is 15.3 Å². The molecule has 0 bridgehead atoms. The van der Waals surface area contributed by atoms with E-state index in [1.807, 2.05) is 13.8 Å². The Balaban J connectivity index is 1.51. The van der Waals surface area contributed by atoms with Crippen molar-refractivity contribution in [2.45, 2.75) is 111 Å². The lowest BCUT2D eigenvalue weighted by molar-refractivity contribution is 0.0225. The van der Waals surface area contributed by atoms with Crippen LogP contribution in [0.3, 0.4) is 0 Å². The molecule has 0 aliphatic heterocycles. The van der Waals surface area contributed by atoms with E-state index in [-0.39, 0.29) is 18.1 Å². The highest BCUT2D eigenvalue weighted by Gasteiger charge is 2.52. The molecule has 0 aromatic heterocycles. The van der Waals surface area contributed by atoms with Crippen molar-refractivity contribution < 1.29 is 15.3 Å². The first-order chi connectivity index (χ1) is 15.0. The summed E-state index contributed by atoms with van der Waals surface area (Å²) in [7, 11) is 0. The van der Waals surface area contributed by atoms with Crippen LogP contribution in [0, 0.1) is 28.6 Å². The van der Waals surface area contributed by atoms with Gasteiger partial charge in [0.05, 0.1) is 18.3 Å². The molecule has 32 heavy (non-hydrogen) atoms. The standard InChI is InChI=1S/C29H46O3/c1-19(6-7-20(14-17-30)27(2,3)32)24-10-11-25-23-9-8-21-18-22(31)12-15-28(21,4)26(23)13-16-29(24,25)5/h11,14,19,21-22,24,30-32H,6-10,12-13,15-18H2,1-5H3. The predicted octanol–water partition coefficient (Wildman–Crippen LogP) is 6.10. The Bertz CT molecular complexity index is 813. The molecule has 0 heterocycles. The Labute approximate surface area is 195 Å². The summed E-state index contributed by atoms with van der Waals surface area (Å²) in [5.74, 6) is 1.89. The molecule has 0 saturated heterocycles. The highest BCUT2D eigenvalue weighted by atomic mass is 16.3. The monoisotopic (exact) mass is 442 g/mol. The minimum atomic E-state index is -0.863. The van der Waals surface area contributed by atoms with Gasteiger partial charge < -0.3 is 15.3 Å². The number of aliphatic hydroxyl groups excluding tert-OH is 2. The van der Waals surface area contributed by atoms with Crippen LogP contribution < -0.4 is 0 Å². The third-order valence-corrected chi connectivity index (χ3v) is 10.2. The van der Waals surface area contributed by atoms with Crippen LogP contribution in [0.25, 0.3) is 0 Å². The summed E-state index contributed by atoms with van der Waals surface area (Å²) in [6, 6.07) is 0. The first kappa shape index (κ1) is 24.2. The maximum absolute atomic E-state index is 10.5. The van der Waals surface area contributed by atoms with Crippen LogP contribution in [-0.4, -0.2) is 33.6 Å². The Hall–Kier alpha value is -0.900. The maximum atomic E-state index is 10.5. The van der Waals surface area contributed by atoms with Gasteiger partial charge in [0.15, 0.2) is 0 Å². The second kappa shape index (κ2) is 8.71. The summed E-state index contributed by atoms with van der Waals surface area (Å²) in [5.41, 5.74) is 5.77. The Kier molecular flexibility index (Phi) is 6.59. The van der Waals surface area contributed by atoms with Crippen LogP contribution in [0.1, 0.15) is 98.8 Å². The highest BCUT2D eigenvalue weighted by molar-refractivity contribution is 5.49. The van der Waals surface area contributed by atoms with E-state index in [0.717, 1.165) is 37.7 Å². The molecule has 6 unspecified atom stereocenters. The van der Waals surface area contributed by atoms with Crippen molar-refractivity contribution in [1.82, 2.24) is 0 Å². The van der Waals surface area contributed by atoms with Crippen molar-refractivity contribution in [1.29, 1.82) is 0 Å². The SMILES string of the molecule is CC(CCC(=CCO)C(C)(C)O)C1CC=C2C3=C(CCC21C)C1(C)CCC(O)CC1CC3. The van der Waals surface area contributed by atoms with Crippen molar-refractivity contribution in [3.8, 4) is 0 Å². The van der Waals surface area contributed by atoms with E-state index in [2.05, 4.69) is 26.8 Å².